The molecule has 1 atom stereocenters. The molecule has 4 nitrogen and oxygen atoms in total. The van der Waals surface area contributed by atoms with E-state index in [1.165, 1.54) is 30.5 Å². The summed E-state index contributed by atoms with van der Waals surface area (Å²) in [5.41, 5.74) is -1.21. The Morgan fingerprint density at radius 3 is 2.30 bits per heavy atom. The Morgan fingerprint density at radius 2 is 1.85 bits per heavy atom. The molecule has 0 heterocycles. The molecule has 0 saturated heterocycles. The molecular formula is C15H21NO3S. The Bertz CT molecular complexity index is 473. The number of nitrogens with zero attached hydrogens (tertiary/aromatic N) is 1. The molecule has 1 aromatic carbocycles. The van der Waals surface area contributed by atoms with Crippen LogP contribution < -0.4 is 0 Å². The summed E-state index contributed by atoms with van der Waals surface area (Å²) in [5.74, 6) is -1.17. The lowest BCUT2D eigenvalue weighted by Gasteiger charge is -2.33. The van der Waals surface area contributed by atoms with Gasteiger partial charge in [-0.05, 0) is 32.4 Å². The third kappa shape index (κ3) is 3.76. The Kier molecular flexibility index (Phi) is 5.62. The van der Waals surface area contributed by atoms with Gasteiger partial charge in [0.15, 0.2) is 0 Å². The summed E-state index contributed by atoms with van der Waals surface area (Å²) in [4.78, 5) is 26.0. The standard InChI is InChI=1S/C15H21NO3S/c1-5-12(20-11-9-7-6-8-10-11)13(17)16(4)15(2,3)14(18)19/h6-10,12H,5H2,1-4H3,(H,18,19). The van der Waals surface area contributed by atoms with E-state index in [2.05, 4.69) is 0 Å². The van der Waals surface area contributed by atoms with Crippen LogP contribution >= 0.6 is 11.8 Å². The second-order valence-electron chi connectivity index (χ2n) is 5.09. The van der Waals surface area contributed by atoms with Crippen LogP contribution in [0.5, 0.6) is 0 Å². The van der Waals surface area contributed by atoms with E-state index in [9.17, 15) is 14.7 Å². The first-order valence-electron chi connectivity index (χ1n) is 6.53. The van der Waals surface area contributed by atoms with E-state index in [4.69, 9.17) is 0 Å². The van der Waals surface area contributed by atoms with Crippen molar-refractivity contribution in [3.05, 3.63) is 30.3 Å². The van der Waals surface area contributed by atoms with Gasteiger partial charge in [0, 0.05) is 11.9 Å². The molecule has 0 fully saturated rings. The van der Waals surface area contributed by atoms with Crippen molar-refractivity contribution in [2.24, 2.45) is 0 Å². The monoisotopic (exact) mass is 295 g/mol. The quantitative estimate of drug-likeness (QED) is 0.820. The lowest BCUT2D eigenvalue weighted by molar-refractivity contribution is -0.155. The number of hydrogen-bond acceptors (Lipinski definition) is 3. The fourth-order valence-electron chi connectivity index (χ4n) is 1.61. The minimum absolute atomic E-state index is 0.159. The van der Waals surface area contributed by atoms with Crippen molar-refractivity contribution in [2.75, 3.05) is 7.05 Å². The van der Waals surface area contributed by atoms with Crippen molar-refractivity contribution in [3.63, 3.8) is 0 Å². The van der Waals surface area contributed by atoms with Crippen molar-refractivity contribution in [2.45, 2.75) is 42.9 Å². The highest BCUT2D eigenvalue weighted by atomic mass is 32.2. The van der Waals surface area contributed by atoms with Gasteiger partial charge in [-0.25, -0.2) is 4.79 Å². The predicted molar refractivity (Wildman–Crippen MR) is 80.9 cm³/mol. The Labute approximate surface area is 124 Å². The molecule has 0 bridgehead atoms. The first kappa shape index (κ1) is 16.6. The summed E-state index contributed by atoms with van der Waals surface area (Å²) in [6, 6.07) is 9.66. The number of benzene rings is 1. The van der Waals surface area contributed by atoms with Gasteiger partial charge in [-0.1, -0.05) is 25.1 Å². The number of amides is 1. The van der Waals surface area contributed by atoms with Crippen molar-refractivity contribution in [3.8, 4) is 0 Å². The van der Waals surface area contributed by atoms with Gasteiger partial charge in [0.25, 0.3) is 0 Å². The molecule has 0 aromatic heterocycles. The summed E-state index contributed by atoms with van der Waals surface area (Å²) in [7, 11) is 1.55. The van der Waals surface area contributed by atoms with Crippen LogP contribution in [0.1, 0.15) is 27.2 Å². The minimum Gasteiger partial charge on any atom is -0.480 e. The maximum atomic E-state index is 12.5. The van der Waals surface area contributed by atoms with E-state index in [0.29, 0.717) is 6.42 Å². The number of rotatable bonds is 6. The first-order chi connectivity index (χ1) is 9.30. The van der Waals surface area contributed by atoms with Crippen molar-refractivity contribution in [1.82, 2.24) is 4.90 Å². The number of carboxylic acid groups (broad SMARTS) is 1. The maximum Gasteiger partial charge on any atom is 0.329 e. The van der Waals surface area contributed by atoms with E-state index >= 15 is 0 Å². The van der Waals surface area contributed by atoms with Gasteiger partial charge in [-0.2, -0.15) is 0 Å². The highest BCUT2D eigenvalue weighted by Gasteiger charge is 2.37. The van der Waals surface area contributed by atoms with Gasteiger partial charge < -0.3 is 10.0 Å². The number of carboxylic acids is 1. The molecule has 5 heteroatoms. The number of hydrogen-bond donors (Lipinski definition) is 1. The van der Waals surface area contributed by atoms with Gasteiger partial charge in [-0.3, -0.25) is 4.79 Å². The Morgan fingerprint density at radius 1 is 1.30 bits per heavy atom. The molecule has 0 spiro atoms. The number of carbonyl (C=O) groups is 2. The van der Waals surface area contributed by atoms with Crippen LogP contribution in [0, 0.1) is 0 Å². The molecule has 1 aromatic rings. The minimum atomic E-state index is -1.21. The van der Waals surface area contributed by atoms with Crippen LogP contribution in [0.2, 0.25) is 0 Å². The second kappa shape index (κ2) is 6.79. The van der Waals surface area contributed by atoms with E-state index in [-0.39, 0.29) is 11.2 Å². The highest BCUT2D eigenvalue weighted by molar-refractivity contribution is 8.00. The predicted octanol–water partition coefficient (Wildman–Crippen LogP) is 2.88. The maximum absolute atomic E-state index is 12.5. The third-order valence-electron chi connectivity index (χ3n) is 3.36. The summed E-state index contributed by atoms with van der Waals surface area (Å²) < 4.78 is 0. The zero-order valence-corrected chi connectivity index (χ0v) is 13.1. The summed E-state index contributed by atoms with van der Waals surface area (Å²) in [5, 5.41) is 8.93. The normalized spacial score (nSPS) is 12.8. The lowest BCUT2D eigenvalue weighted by Crippen LogP contribution is -2.53. The second-order valence-corrected chi connectivity index (χ2v) is 6.37. The smallest absolute Gasteiger partial charge is 0.329 e. The average molecular weight is 295 g/mol. The molecule has 110 valence electrons. The van der Waals surface area contributed by atoms with Crippen molar-refractivity contribution < 1.29 is 14.7 Å². The number of carbonyl (C=O) groups excluding carboxylic acids is 1. The zero-order valence-electron chi connectivity index (χ0n) is 12.3. The number of likely N-dealkylation sites (N-methyl/N-ethyl adjacent to an activating group) is 1. The largest absolute Gasteiger partial charge is 0.480 e. The molecular weight excluding hydrogens is 274 g/mol. The zero-order chi connectivity index (χ0) is 15.3. The topological polar surface area (TPSA) is 57.6 Å². The molecule has 0 saturated carbocycles. The Balaban J connectivity index is 2.85. The molecule has 1 N–H and O–H groups in total. The van der Waals surface area contributed by atoms with Crippen molar-refractivity contribution in [1.29, 1.82) is 0 Å². The van der Waals surface area contributed by atoms with Crippen LogP contribution in [-0.4, -0.2) is 39.7 Å². The van der Waals surface area contributed by atoms with E-state index in [1.807, 2.05) is 37.3 Å². The van der Waals surface area contributed by atoms with Crippen LogP contribution in [0.4, 0.5) is 0 Å². The van der Waals surface area contributed by atoms with Gasteiger partial charge in [-0.15, -0.1) is 11.8 Å². The molecule has 1 rings (SSSR count). The molecule has 0 aliphatic heterocycles. The van der Waals surface area contributed by atoms with Crippen LogP contribution in [0.25, 0.3) is 0 Å². The fourth-order valence-corrected chi connectivity index (χ4v) is 2.68. The molecule has 1 amide bonds. The molecule has 0 radical (unpaired) electrons. The Hall–Kier alpha value is -1.49. The summed E-state index contributed by atoms with van der Waals surface area (Å²) in [6.07, 6.45) is 0.651. The van der Waals surface area contributed by atoms with Gasteiger partial charge >= 0.3 is 5.97 Å². The van der Waals surface area contributed by atoms with Gasteiger partial charge in [0.1, 0.15) is 5.54 Å². The summed E-state index contributed by atoms with van der Waals surface area (Å²) in [6.45, 7) is 5.00. The van der Waals surface area contributed by atoms with Gasteiger partial charge in [0.2, 0.25) is 5.91 Å². The molecule has 1 unspecified atom stereocenters. The highest BCUT2D eigenvalue weighted by Crippen LogP contribution is 2.28. The molecule has 0 aliphatic carbocycles. The number of aliphatic carboxylic acids is 1. The average Bonchev–Trinajstić information content (AvgIpc) is 2.44. The third-order valence-corrected chi connectivity index (χ3v) is 4.72. The van der Waals surface area contributed by atoms with Gasteiger partial charge in [0.05, 0.1) is 5.25 Å². The van der Waals surface area contributed by atoms with Crippen LogP contribution in [-0.2, 0) is 9.59 Å². The van der Waals surface area contributed by atoms with Crippen LogP contribution in [0.3, 0.4) is 0 Å². The molecule has 20 heavy (non-hydrogen) atoms. The summed E-state index contributed by atoms with van der Waals surface area (Å²) >= 11 is 1.47. The fraction of sp³-hybridized carbons (Fsp3) is 0.467. The number of thioether (sulfide) groups is 1. The molecule has 0 aliphatic rings. The first-order valence-corrected chi connectivity index (χ1v) is 7.41. The lowest BCUT2D eigenvalue weighted by atomic mass is 10.0. The van der Waals surface area contributed by atoms with Crippen molar-refractivity contribution >= 4 is 23.6 Å². The van der Waals surface area contributed by atoms with E-state index in [0.717, 1.165) is 4.90 Å². The van der Waals surface area contributed by atoms with Crippen LogP contribution in [0.15, 0.2) is 35.2 Å². The SMILES string of the molecule is CCC(Sc1ccccc1)C(=O)N(C)C(C)(C)C(=O)O. The van der Waals surface area contributed by atoms with E-state index < -0.39 is 11.5 Å². The van der Waals surface area contributed by atoms with E-state index in [1.54, 1.807) is 7.05 Å².